The van der Waals surface area contributed by atoms with Crippen molar-refractivity contribution < 1.29 is 19.4 Å². The van der Waals surface area contributed by atoms with E-state index in [-0.39, 0.29) is 11.7 Å². The second kappa shape index (κ2) is 8.97. The Bertz CT molecular complexity index is 534. The molecule has 0 aliphatic heterocycles. The van der Waals surface area contributed by atoms with E-state index in [0.717, 1.165) is 32.1 Å². The predicted molar refractivity (Wildman–Crippen MR) is 92.7 cm³/mol. The fourth-order valence-corrected chi connectivity index (χ4v) is 3.38. The minimum atomic E-state index is -0.755. The number of aliphatic hydroxyl groups is 1. The van der Waals surface area contributed by atoms with E-state index >= 15 is 0 Å². The Morgan fingerprint density at radius 1 is 1.17 bits per heavy atom. The van der Waals surface area contributed by atoms with Crippen molar-refractivity contribution in [3.63, 3.8) is 0 Å². The Morgan fingerprint density at radius 2 is 1.79 bits per heavy atom. The fraction of sp³-hybridized carbons (Fsp3) is 0.600. The molecule has 1 aromatic rings. The van der Waals surface area contributed by atoms with Gasteiger partial charge in [-0.15, -0.1) is 0 Å². The highest BCUT2D eigenvalue weighted by atomic mass is 16.5. The van der Waals surface area contributed by atoms with Crippen LogP contribution in [0.3, 0.4) is 0 Å². The molecule has 0 spiro atoms. The van der Waals surface area contributed by atoms with Crippen LogP contribution in [0.4, 0.5) is 0 Å². The molecule has 1 N–H and O–H groups in total. The number of carbonyl (C=O) groups is 2. The quantitative estimate of drug-likeness (QED) is 0.772. The van der Waals surface area contributed by atoms with Gasteiger partial charge in [0.05, 0.1) is 11.7 Å². The first kappa shape index (κ1) is 18.7. The Morgan fingerprint density at radius 3 is 2.38 bits per heavy atom. The van der Waals surface area contributed by atoms with E-state index in [9.17, 15) is 14.7 Å². The number of hydrogen-bond acceptors (Lipinski definition) is 4. The van der Waals surface area contributed by atoms with Crippen LogP contribution in [-0.4, -0.2) is 29.1 Å². The summed E-state index contributed by atoms with van der Waals surface area (Å²) >= 11 is 0. The highest BCUT2D eigenvalue weighted by molar-refractivity contribution is 5.93. The Labute approximate surface area is 144 Å². The van der Waals surface area contributed by atoms with Crippen molar-refractivity contribution in [1.29, 1.82) is 0 Å². The fourth-order valence-electron chi connectivity index (χ4n) is 3.38. The lowest BCUT2D eigenvalue weighted by Crippen LogP contribution is -2.41. The van der Waals surface area contributed by atoms with Gasteiger partial charge in [0, 0.05) is 11.8 Å². The van der Waals surface area contributed by atoms with Gasteiger partial charge >= 0.3 is 5.97 Å². The molecule has 1 aromatic carbocycles. The molecule has 0 saturated heterocycles. The van der Waals surface area contributed by atoms with E-state index in [4.69, 9.17) is 4.74 Å². The third-order valence-electron chi connectivity index (χ3n) is 5.05. The third-order valence-corrected chi connectivity index (χ3v) is 5.05. The lowest BCUT2D eigenvalue weighted by atomic mass is 9.80. The van der Waals surface area contributed by atoms with Crippen LogP contribution in [0.2, 0.25) is 0 Å². The van der Waals surface area contributed by atoms with E-state index in [1.165, 1.54) is 0 Å². The molecule has 3 atom stereocenters. The smallest absolute Gasteiger partial charge is 0.338 e. The summed E-state index contributed by atoms with van der Waals surface area (Å²) in [6.45, 7) is 3.57. The molecular formula is C20H28O4. The van der Waals surface area contributed by atoms with Crippen LogP contribution in [0, 0.1) is 11.8 Å². The molecule has 0 bridgehead atoms. The van der Waals surface area contributed by atoms with Crippen molar-refractivity contribution in [2.75, 3.05) is 0 Å². The van der Waals surface area contributed by atoms with Crippen molar-refractivity contribution in [3.8, 4) is 0 Å². The molecular weight excluding hydrogens is 304 g/mol. The average molecular weight is 332 g/mol. The first-order valence-corrected chi connectivity index (χ1v) is 9.02. The second-order valence-corrected chi connectivity index (χ2v) is 6.76. The maximum Gasteiger partial charge on any atom is 0.338 e. The number of hydrogen-bond donors (Lipinski definition) is 1. The van der Waals surface area contributed by atoms with Gasteiger partial charge in [-0.2, -0.15) is 0 Å². The molecule has 2 rings (SSSR count). The summed E-state index contributed by atoms with van der Waals surface area (Å²) in [4.78, 5) is 25.3. The number of esters is 1. The third kappa shape index (κ3) is 4.67. The molecule has 0 amide bonds. The molecule has 4 heteroatoms. The van der Waals surface area contributed by atoms with Crippen molar-refractivity contribution >= 4 is 11.8 Å². The van der Waals surface area contributed by atoms with E-state index in [2.05, 4.69) is 0 Å². The van der Waals surface area contributed by atoms with Gasteiger partial charge in [0.1, 0.15) is 0 Å². The van der Waals surface area contributed by atoms with Crippen LogP contribution < -0.4 is 0 Å². The average Bonchev–Trinajstić information content (AvgIpc) is 2.65. The van der Waals surface area contributed by atoms with Crippen molar-refractivity contribution in [2.24, 2.45) is 11.8 Å². The molecule has 1 aliphatic rings. The number of carbonyl (C=O) groups excluding carboxylic acids is 2. The summed E-state index contributed by atoms with van der Waals surface area (Å²) in [5.41, 5.74) is 0.454. The molecule has 1 saturated carbocycles. The van der Waals surface area contributed by atoms with Gasteiger partial charge in [0.2, 0.25) is 0 Å². The lowest BCUT2D eigenvalue weighted by Gasteiger charge is -2.31. The van der Waals surface area contributed by atoms with Gasteiger partial charge in [0.15, 0.2) is 11.9 Å². The molecule has 0 aromatic heterocycles. The van der Waals surface area contributed by atoms with E-state index < -0.39 is 24.1 Å². The highest BCUT2D eigenvalue weighted by Crippen LogP contribution is 2.31. The number of ether oxygens (including phenoxy) is 1. The van der Waals surface area contributed by atoms with Gasteiger partial charge in [0.25, 0.3) is 0 Å². The first-order valence-electron chi connectivity index (χ1n) is 9.02. The van der Waals surface area contributed by atoms with Gasteiger partial charge < -0.3 is 9.84 Å². The first-order chi connectivity index (χ1) is 11.5. The number of Topliss-reactive ketones (excluding diaryl/α,β-unsaturated/α-hetero) is 1. The Balaban J connectivity index is 2.16. The number of aliphatic hydroxyl groups excluding tert-OH is 1. The van der Waals surface area contributed by atoms with Gasteiger partial charge in [-0.3, -0.25) is 4.79 Å². The number of benzene rings is 1. The Kier molecular flexibility index (Phi) is 6.98. The molecule has 0 radical (unpaired) electrons. The zero-order valence-electron chi connectivity index (χ0n) is 14.6. The van der Waals surface area contributed by atoms with E-state index in [1.54, 1.807) is 31.2 Å². The molecule has 1 fully saturated rings. The SMILES string of the molecule is CC[C@H](O)[C@@H](C)C(=O)[C@@H](OC(=O)c1ccccc1)C1CCCCC1. The van der Waals surface area contributed by atoms with Gasteiger partial charge in [-0.05, 0) is 31.4 Å². The zero-order valence-corrected chi connectivity index (χ0v) is 14.6. The monoisotopic (exact) mass is 332 g/mol. The summed E-state index contributed by atoms with van der Waals surface area (Å²) in [5, 5.41) is 10.0. The maximum absolute atomic E-state index is 12.9. The molecule has 4 nitrogen and oxygen atoms in total. The zero-order chi connectivity index (χ0) is 17.5. The maximum atomic E-state index is 12.9. The Hall–Kier alpha value is -1.68. The highest BCUT2D eigenvalue weighted by Gasteiger charge is 2.37. The molecule has 0 heterocycles. The molecule has 24 heavy (non-hydrogen) atoms. The summed E-state index contributed by atoms with van der Waals surface area (Å²) in [6.07, 6.45) is 4.13. The van der Waals surface area contributed by atoms with Crippen LogP contribution >= 0.6 is 0 Å². The van der Waals surface area contributed by atoms with Crippen LogP contribution in [0.1, 0.15) is 62.7 Å². The second-order valence-electron chi connectivity index (χ2n) is 6.76. The summed E-state index contributed by atoms with van der Waals surface area (Å²) in [6, 6.07) is 8.76. The number of rotatable bonds is 7. The normalized spacial score (nSPS) is 19.3. The van der Waals surface area contributed by atoms with Crippen molar-refractivity contribution in [1.82, 2.24) is 0 Å². The summed E-state index contributed by atoms with van der Waals surface area (Å²) < 4.78 is 5.65. The minimum absolute atomic E-state index is 0.0606. The van der Waals surface area contributed by atoms with Crippen LogP contribution in [0.15, 0.2) is 30.3 Å². The number of ketones is 1. The van der Waals surface area contributed by atoms with Crippen LogP contribution in [0.25, 0.3) is 0 Å². The van der Waals surface area contributed by atoms with Crippen molar-refractivity contribution in [2.45, 2.75) is 64.6 Å². The standard InChI is InChI=1S/C20H28O4/c1-3-17(21)14(2)18(22)19(15-10-6-4-7-11-15)24-20(23)16-12-8-5-9-13-16/h5,8-9,12-15,17,19,21H,3-4,6-7,10-11H2,1-2H3/t14-,17+,19+/m1/s1. The van der Waals surface area contributed by atoms with Crippen LogP contribution in [0.5, 0.6) is 0 Å². The van der Waals surface area contributed by atoms with Crippen molar-refractivity contribution in [3.05, 3.63) is 35.9 Å². The van der Waals surface area contributed by atoms with Gasteiger partial charge in [-0.25, -0.2) is 4.79 Å². The molecule has 132 valence electrons. The molecule has 0 unspecified atom stereocenters. The largest absolute Gasteiger partial charge is 0.450 e. The summed E-state index contributed by atoms with van der Waals surface area (Å²) in [7, 11) is 0. The lowest BCUT2D eigenvalue weighted by molar-refractivity contribution is -0.138. The molecule has 1 aliphatic carbocycles. The van der Waals surface area contributed by atoms with Gasteiger partial charge in [-0.1, -0.05) is 51.3 Å². The van der Waals surface area contributed by atoms with E-state index in [0.29, 0.717) is 12.0 Å². The summed E-state index contributed by atoms with van der Waals surface area (Å²) in [5.74, 6) is -1.07. The topological polar surface area (TPSA) is 63.6 Å². The van der Waals surface area contributed by atoms with E-state index in [1.807, 2.05) is 13.0 Å². The minimum Gasteiger partial charge on any atom is -0.450 e. The predicted octanol–water partition coefficient (Wildman–Crippen LogP) is 3.77. The van der Waals surface area contributed by atoms with Crippen LogP contribution in [-0.2, 0) is 9.53 Å².